The summed E-state index contributed by atoms with van der Waals surface area (Å²) in [7, 11) is 4.08. The number of fused-ring (bicyclic) bond motifs is 1. The number of likely N-dealkylation sites (tertiary alicyclic amines) is 1. The zero-order valence-electron chi connectivity index (χ0n) is 19.4. The highest BCUT2D eigenvalue weighted by Crippen LogP contribution is 2.35. The first-order valence-electron chi connectivity index (χ1n) is 11.6. The molecule has 0 radical (unpaired) electrons. The Kier molecular flexibility index (Phi) is 7.33. The van der Waals surface area contributed by atoms with Gasteiger partial charge in [-0.05, 0) is 70.0 Å². The molecule has 10 heteroatoms. The Morgan fingerprint density at radius 1 is 1.18 bits per heavy atom. The number of amides is 1. The van der Waals surface area contributed by atoms with Crippen molar-refractivity contribution in [1.29, 1.82) is 0 Å². The van der Waals surface area contributed by atoms with Gasteiger partial charge in [-0.2, -0.15) is 13.2 Å². The van der Waals surface area contributed by atoms with Crippen molar-refractivity contribution < 1.29 is 18.0 Å². The van der Waals surface area contributed by atoms with E-state index < -0.39 is 11.7 Å². The molecule has 1 fully saturated rings. The van der Waals surface area contributed by atoms with Gasteiger partial charge in [0.15, 0.2) is 5.82 Å². The molecule has 34 heavy (non-hydrogen) atoms. The van der Waals surface area contributed by atoms with Gasteiger partial charge in [0.25, 0.3) is 5.91 Å². The fourth-order valence-corrected chi connectivity index (χ4v) is 4.91. The summed E-state index contributed by atoms with van der Waals surface area (Å²) in [6.07, 6.45) is 1.10. The van der Waals surface area contributed by atoms with E-state index in [2.05, 4.69) is 14.9 Å². The number of aryl methyl sites for hydroxylation is 1. The van der Waals surface area contributed by atoms with E-state index in [-0.39, 0.29) is 28.7 Å². The first-order chi connectivity index (χ1) is 16.1. The quantitative estimate of drug-likeness (QED) is 0.617. The zero-order chi connectivity index (χ0) is 24.5. The van der Waals surface area contributed by atoms with Gasteiger partial charge in [0, 0.05) is 37.2 Å². The molecule has 1 saturated heterocycles. The first-order valence-corrected chi connectivity index (χ1v) is 11.9. The molecule has 0 saturated carbocycles. The molecule has 1 amide bonds. The predicted molar refractivity (Wildman–Crippen MR) is 125 cm³/mol. The summed E-state index contributed by atoms with van der Waals surface area (Å²) in [6.45, 7) is 1.80. The molecule has 2 aliphatic heterocycles. The number of carbonyl (C=O) groups excluding carboxylic acids is 1. The Labute approximate surface area is 202 Å². The molecule has 0 N–H and O–H groups in total. The van der Waals surface area contributed by atoms with E-state index in [1.807, 2.05) is 14.1 Å². The maximum atomic E-state index is 13.6. The molecule has 1 aromatic carbocycles. The minimum absolute atomic E-state index is 0.0110. The molecule has 0 atom stereocenters. The van der Waals surface area contributed by atoms with Gasteiger partial charge in [0.2, 0.25) is 0 Å². The number of nitrogens with zero attached hydrogens (tertiary/aromatic N) is 5. The molecule has 3 heterocycles. The van der Waals surface area contributed by atoms with Crippen LogP contribution in [0.5, 0.6) is 0 Å². The summed E-state index contributed by atoms with van der Waals surface area (Å²) in [5.74, 6) is 0.301. The van der Waals surface area contributed by atoms with E-state index >= 15 is 0 Å². The fraction of sp³-hybridized carbons (Fsp3) is 0.542. The maximum absolute atomic E-state index is 13.6. The van der Waals surface area contributed by atoms with Crippen LogP contribution < -0.4 is 4.90 Å². The van der Waals surface area contributed by atoms with Crippen LogP contribution in [-0.2, 0) is 19.1 Å². The summed E-state index contributed by atoms with van der Waals surface area (Å²) in [5.41, 5.74) is 0.302. The predicted octanol–water partition coefficient (Wildman–Crippen LogP) is 4.66. The maximum Gasteiger partial charge on any atom is 0.416 e. The molecule has 2 aliphatic rings. The average molecular weight is 496 g/mol. The molecule has 4 rings (SSSR count). The van der Waals surface area contributed by atoms with Crippen molar-refractivity contribution in [2.75, 3.05) is 38.6 Å². The summed E-state index contributed by atoms with van der Waals surface area (Å²) >= 11 is 6.03. The van der Waals surface area contributed by atoms with Gasteiger partial charge in [-0.3, -0.25) is 9.78 Å². The van der Waals surface area contributed by atoms with Crippen LogP contribution in [0.3, 0.4) is 0 Å². The van der Waals surface area contributed by atoms with Crippen LogP contribution in [0.25, 0.3) is 0 Å². The van der Waals surface area contributed by atoms with Crippen LogP contribution in [0.4, 0.5) is 19.0 Å². The van der Waals surface area contributed by atoms with E-state index in [0.717, 1.165) is 31.7 Å². The monoisotopic (exact) mass is 495 g/mol. The second-order valence-corrected chi connectivity index (χ2v) is 9.63. The van der Waals surface area contributed by atoms with Crippen molar-refractivity contribution in [1.82, 2.24) is 19.8 Å². The van der Waals surface area contributed by atoms with Crippen LogP contribution in [0.2, 0.25) is 5.02 Å². The number of hydrogen-bond acceptors (Lipinski definition) is 5. The molecule has 0 bridgehead atoms. The van der Waals surface area contributed by atoms with Crippen molar-refractivity contribution in [3.63, 3.8) is 0 Å². The van der Waals surface area contributed by atoms with Gasteiger partial charge in [-0.25, -0.2) is 4.98 Å². The molecule has 0 unspecified atom stereocenters. The van der Waals surface area contributed by atoms with Crippen LogP contribution >= 0.6 is 11.6 Å². The molecule has 6 nitrogen and oxygen atoms in total. The Morgan fingerprint density at radius 3 is 2.59 bits per heavy atom. The summed E-state index contributed by atoms with van der Waals surface area (Å²) in [6, 6.07) is 4.06. The highest BCUT2D eigenvalue weighted by Gasteiger charge is 2.34. The van der Waals surface area contributed by atoms with Gasteiger partial charge < -0.3 is 14.7 Å². The van der Waals surface area contributed by atoms with E-state index in [9.17, 15) is 18.0 Å². The lowest BCUT2D eigenvalue weighted by Crippen LogP contribution is -2.44. The molecule has 0 aliphatic carbocycles. The molecule has 2 aromatic rings. The van der Waals surface area contributed by atoms with Crippen molar-refractivity contribution >= 4 is 23.3 Å². The standard InChI is InChI=1S/C24H29ClF3N5O/c1-31(2)18-8-11-32(12-9-18)23(34)21-14-29-20-5-3-4-10-33(22(20)30-21)15-16-13-17(25)6-7-19(16)24(26,27)28/h6-7,13-14,18H,3-5,8-12,15H2,1-2H3. The molecular formula is C24H29ClF3N5O. The fourth-order valence-electron chi connectivity index (χ4n) is 4.71. The number of benzene rings is 1. The van der Waals surface area contributed by atoms with Crippen molar-refractivity contribution in [2.24, 2.45) is 0 Å². The number of carbonyl (C=O) groups is 1. The highest BCUT2D eigenvalue weighted by atomic mass is 35.5. The third kappa shape index (κ3) is 5.46. The third-order valence-electron chi connectivity index (χ3n) is 6.65. The number of rotatable bonds is 4. The lowest BCUT2D eigenvalue weighted by molar-refractivity contribution is -0.138. The number of aromatic nitrogens is 2. The number of hydrogen-bond donors (Lipinski definition) is 0. The third-order valence-corrected chi connectivity index (χ3v) is 6.89. The minimum Gasteiger partial charge on any atom is -0.351 e. The number of piperidine rings is 1. The van der Waals surface area contributed by atoms with Crippen molar-refractivity contribution in [3.05, 3.63) is 51.9 Å². The summed E-state index contributed by atoms with van der Waals surface area (Å²) in [4.78, 5) is 28.1. The molecule has 0 spiro atoms. The first kappa shape index (κ1) is 24.7. The normalized spacial score (nSPS) is 17.6. The topological polar surface area (TPSA) is 52.6 Å². The Bertz CT molecular complexity index is 1040. The Hall–Kier alpha value is -2.39. The summed E-state index contributed by atoms with van der Waals surface area (Å²) in [5, 5.41) is 0.245. The summed E-state index contributed by atoms with van der Waals surface area (Å²) < 4.78 is 40.9. The lowest BCUT2D eigenvalue weighted by Gasteiger charge is -2.35. The average Bonchev–Trinajstić information content (AvgIpc) is 2.99. The van der Waals surface area contributed by atoms with Crippen LogP contribution in [0.1, 0.15) is 53.0 Å². The lowest BCUT2D eigenvalue weighted by atomic mass is 10.0. The SMILES string of the molecule is CN(C)C1CCN(C(=O)c2cnc3c(n2)N(Cc2cc(Cl)ccc2C(F)(F)F)CCCC3)CC1. The van der Waals surface area contributed by atoms with Crippen LogP contribution in [0, 0.1) is 0 Å². The number of alkyl halides is 3. The Morgan fingerprint density at radius 2 is 1.91 bits per heavy atom. The van der Waals surface area contributed by atoms with Gasteiger partial charge in [-0.1, -0.05) is 11.6 Å². The minimum atomic E-state index is -4.49. The Balaban J connectivity index is 1.60. The van der Waals surface area contributed by atoms with E-state index in [1.165, 1.54) is 18.3 Å². The van der Waals surface area contributed by atoms with E-state index in [0.29, 0.717) is 43.6 Å². The molecule has 1 aromatic heterocycles. The highest BCUT2D eigenvalue weighted by molar-refractivity contribution is 6.30. The smallest absolute Gasteiger partial charge is 0.351 e. The van der Waals surface area contributed by atoms with Gasteiger partial charge >= 0.3 is 6.18 Å². The van der Waals surface area contributed by atoms with Crippen molar-refractivity contribution in [2.45, 2.75) is 50.9 Å². The molecular weight excluding hydrogens is 467 g/mol. The van der Waals surface area contributed by atoms with Crippen molar-refractivity contribution in [3.8, 4) is 0 Å². The van der Waals surface area contributed by atoms with Gasteiger partial charge in [0.05, 0.1) is 17.5 Å². The second kappa shape index (κ2) is 10.1. The van der Waals surface area contributed by atoms with Gasteiger partial charge in [0.1, 0.15) is 5.69 Å². The van der Waals surface area contributed by atoms with E-state index in [1.54, 1.807) is 9.80 Å². The second-order valence-electron chi connectivity index (χ2n) is 9.19. The zero-order valence-corrected chi connectivity index (χ0v) is 20.2. The molecule has 184 valence electrons. The van der Waals surface area contributed by atoms with Crippen LogP contribution in [0.15, 0.2) is 24.4 Å². The van der Waals surface area contributed by atoms with Gasteiger partial charge in [-0.15, -0.1) is 0 Å². The number of halogens is 4. The number of anilines is 1. The largest absolute Gasteiger partial charge is 0.416 e. The van der Waals surface area contributed by atoms with Crippen LogP contribution in [-0.4, -0.2) is 65.4 Å². The van der Waals surface area contributed by atoms with E-state index in [4.69, 9.17) is 11.6 Å².